The zero-order chi connectivity index (χ0) is 23.0. The molecule has 10 heteroatoms. The van der Waals surface area contributed by atoms with E-state index in [1.54, 1.807) is 36.4 Å². The summed E-state index contributed by atoms with van der Waals surface area (Å²) < 4.78 is 43.2. The third-order valence-electron chi connectivity index (χ3n) is 4.86. The fourth-order valence-electron chi connectivity index (χ4n) is 3.10. The van der Waals surface area contributed by atoms with Crippen molar-refractivity contribution in [1.29, 1.82) is 0 Å². The Hall–Kier alpha value is -2.33. The molecular formula is C22H27ClN2O6S. The van der Waals surface area contributed by atoms with Gasteiger partial charge < -0.3 is 19.5 Å². The van der Waals surface area contributed by atoms with Crippen molar-refractivity contribution in [2.75, 3.05) is 39.5 Å². The first-order valence-corrected chi connectivity index (χ1v) is 12.2. The van der Waals surface area contributed by atoms with Crippen LogP contribution in [0.4, 0.5) is 0 Å². The number of nitrogens with one attached hydrogen (secondary N) is 1. The quantitative estimate of drug-likeness (QED) is 0.523. The summed E-state index contributed by atoms with van der Waals surface area (Å²) >= 11 is 5.86. The number of morpholine rings is 1. The van der Waals surface area contributed by atoms with Crippen molar-refractivity contribution < 1.29 is 27.4 Å². The Bertz CT molecular complexity index is 976. The molecule has 1 amide bonds. The standard InChI is InChI=1S/C22H27ClN2O6S/c1-2-21(31-19-5-3-17(23)4-6-19)22(26)24-11-14-30-18-7-9-20(10-8-18)32(27,28)25-12-15-29-16-13-25/h3-10,21H,2,11-16H2,1H3,(H,24,26)/t21-/m0/s1. The zero-order valence-electron chi connectivity index (χ0n) is 17.8. The predicted molar refractivity (Wildman–Crippen MR) is 121 cm³/mol. The Morgan fingerprint density at radius 2 is 1.72 bits per heavy atom. The van der Waals surface area contributed by atoms with E-state index in [1.165, 1.54) is 16.4 Å². The van der Waals surface area contributed by atoms with Crippen molar-refractivity contribution in [3.8, 4) is 11.5 Å². The Labute approximate surface area is 193 Å². The van der Waals surface area contributed by atoms with E-state index in [0.717, 1.165) is 0 Å². The molecule has 8 nitrogen and oxygen atoms in total. The molecule has 0 saturated carbocycles. The lowest BCUT2D eigenvalue weighted by atomic mass is 10.2. The number of hydrogen-bond acceptors (Lipinski definition) is 6. The maximum Gasteiger partial charge on any atom is 0.261 e. The highest BCUT2D eigenvalue weighted by molar-refractivity contribution is 7.89. The van der Waals surface area contributed by atoms with Gasteiger partial charge in [-0.05, 0) is 55.0 Å². The zero-order valence-corrected chi connectivity index (χ0v) is 19.4. The lowest BCUT2D eigenvalue weighted by Crippen LogP contribution is -2.40. The van der Waals surface area contributed by atoms with E-state index in [2.05, 4.69) is 5.32 Å². The Balaban J connectivity index is 1.44. The van der Waals surface area contributed by atoms with Crippen molar-refractivity contribution in [1.82, 2.24) is 9.62 Å². The highest BCUT2D eigenvalue weighted by Gasteiger charge is 2.26. The minimum Gasteiger partial charge on any atom is -0.492 e. The van der Waals surface area contributed by atoms with Gasteiger partial charge in [0, 0.05) is 18.1 Å². The number of nitrogens with zero attached hydrogens (tertiary/aromatic N) is 1. The van der Waals surface area contributed by atoms with E-state index in [0.29, 0.717) is 49.2 Å². The van der Waals surface area contributed by atoms with Crippen LogP contribution in [0.15, 0.2) is 53.4 Å². The second-order valence-electron chi connectivity index (χ2n) is 7.10. The Morgan fingerprint density at radius 3 is 2.34 bits per heavy atom. The number of rotatable bonds is 10. The van der Waals surface area contributed by atoms with Crippen molar-refractivity contribution in [2.24, 2.45) is 0 Å². The van der Waals surface area contributed by atoms with Crippen molar-refractivity contribution in [3.63, 3.8) is 0 Å². The first-order valence-electron chi connectivity index (χ1n) is 10.4. The monoisotopic (exact) mass is 482 g/mol. The summed E-state index contributed by atoms with van der Waals surface area (Å²) in [5, 5.41) is 3.38. The summed E-state index contributed by atoms with van der Waals surface area (Å²) in [7, 11) is -3.54. The number of carbonyl (C=O) groups is 1. The van der Waals surface area contributed by atoms with Gasteiger partial charge in [0.05, 0.1) is 24.7 Å². The third kappa shape index (κ3) is 6.59. The molecule has 0 aliphatic carbocycles. The van der Waals surface area contributed by atoms with Gasteiger partial charge in [0.1, 0.15) is 18.1 Å². The van der Waals surface area contributed by atoms with E-state index in [1.807, 2.05) is 6.92 Å². The van der Waals surface area contributed by atoms with Gasteiger partial charge in [-0.1, -0.05) is 18.5 Å². The van der Waals surface area contributed by atoms with Gasteiger partial charge in [-0.25, -0.2) is 8.42 Å². The van der Waals surface area contributed by atoms with Gasteiger partial charge in [0.15, 0.2) is 6.10 Å². The number of ether oxygens (including phenoxy) is 3. The summed E-state index contributed by atoms with van der Waals surface area (Å²) in [6.45, 7) is 3.88. The molecule has 174 valence electrons. The molecule has 0 spiro atoms. The fourth-order valence-corrected chi connectivity index (χ4v) is 4.63. The Morgan fingerprint density at radius 1 is 1.09 bits per heavy atom. The topological polar surface area (TPSA) is 94.2 Å². The van der Waals surface area contributed by atoms with Crippen molar-refractivity contribution in [3.05, 3.63) is 53.6 Å². The SMILES string of the molecule is CC[C@H](Oc1ccc(Cl)cc1)C(=O)NCCOc1ccc(S(=O)(=O)N2CCOCC2)cc1. The van der Waals surface area contributed by atoms with E-state index < -0.39 is 16.1 Å². The summed E-state index contributed by atoms with van der Waals surface area (Å²) in [6, 6.07) is 13.1. The lowest BCUT2D eigenvalue weighted by molar-refractivity contribution is -0.128. The fraction of sp³-hybridized carbons (Fsp3) is 0.409. The van der Waals surface area contributed by atoms with Gasteiger partial charge in [-0.2, -0.15) is 4.31 Å². The van der Waals surface area contributed by atoms with Gasteiger partial charge in [0.2, 0.25) is 10.0 Å². The van der Waals surface area contributed by atoms with E-state index in [-0.39, 0.29) is 24.0 Å². The van der Waals surface area contributed by atoms with E-state index in [4.69, 9.17) is 25.8 Å². The lowest BCUT2D eigenvalue weighted by Gasteiger charge is -2.26. The molecule has 0 bridgehead atoms. The van der Waals surface area contributed by atoms with Gasteiger partial charge >= 0.3 is 0 Å². The number of hydrogen-bond donors (Lipinski definition) is 1. The highest BCUT2D eigenvalue weighted by Crippen LogP contribution is 2.21. The number of carbonyl (C=O) groups excluding carboxylic acids is 1. The minimum atomic E-state index is -3.54. The third-order valence-corrected chi connectivity index (χ3v) is 7.02. The van der Waals surface area contributed by atoms with Gasteiger partial charge in [-0.3, -0.25) is 4.79 Å². The van der Waals surface area contributed by atoms with Crippen molar-refractivity contribution in [2.45, 2.75) is 24.3 Å². The van der Waals surface area contributed by atoms with E-state index >= 15 is 0 Å². The summed E-state index contributed by atoms with van der Waals surface area (Å²) in [5.41, 5.74) is 0. The number of amides is 1. The maximum atomic E-state index is 12.6. The molecule has 1 fully saturated rings. The molecule has 1 aliphatic heterocycles. The molecule has 1 aliphatic rings. The summed E-state index contributed by atoms with van der Waals surface area (Å²) in [6.07, 6.45) is -0.116. The van der Waals surface area contributed by atoms with Crippen LogP contribution in [0.25, 0.3) is 0 Å². The first kappa shape index (κ1) is 24.3. The van der Waals surface area contributed by atoms with Crippen LogP contribution in [0.5, 0.6) is 11.5 Å². The van der Waals surface area contributed by atoms with Crippen LogP contribution < -0.4 is 14.8 Å². The Kier molecular flexibility index (Phi) is 8.75. The number of benzene rings is 2. The molecule has 0 unspecified atom stereocenters. The predicted octanol–water partition coefficient (Wildman–Crippen LogP) is 2.71. The van der Waals surface area contributed by atoms with Gasteiger partial charge in [0.25, 0.3) is 5.91 Å². The summed E-state index contributed by atoms with van der Waals surface area (Å²) in [5.74, 6) is 0.849. The first-order chi connectivity index (χ1) is 15.4. The van der Waals surface area contributed by atoms with Crippen molar-refractivity contribution >= 4 is 27.5 Å². The van der Waals surface area contributed by atoms with Crippen LogP contribution >= 0.6 is 11.6 Å². The molecular weight excluding hydrogens is 456 g/mol. The number of sulfonamides is 1. The molecule has 1 atom stereocenters. The molecule has 1 N–H and O–H groups in total. The van der Waals surface area contributed by atoms with Crippen LogP contribution in [0, 0.1) is 0 Å². The highest BCUT2D eigenvalue weighted by atomic mass is 35.5. The molecule has 1 heterocycles. The van der Waals surface area contributed by atoms with Crippen LogP contribution in [0.1, 0.15) is 13.3 Å². The van der Waals surface area contributed by atoms with Crippen LogP contribution in [-0.4, -0.2) is 64.2 Å². The minimum absolute atomic E-state index is 0.213. The van der Waals surface area contributed by atoms with Crippen LogP contribution in [-0.2, 0) is 19.6 Å². The molecule has 2 aromatic rings. The van der Waals surface area contributed by atoms with Crippen LogP contribution in [0.3, 0.4) is 0 Å². The summed E-state index contributed by atoms with van der Waals surface area (Å²) in [4.78, 5) is 12.6. The normalized spacial score (nSPS) is 15.7. The van der Waals surface area contributed by atoms with Crippen LogP contribution in [0.2, 0.25) is 5.02 Å². The van der Waals surface area contributed by atoms with E-state index in [9.17, 15) is 13.2 Å². The second kappa shape index (κ2) is 11.5. The number of halogens is 1. The average Bonchev–Trinajstić information content (AvgIpc) is 2.82. The molecule has 2 aromatic carbocycles. The molecule has 3 rings (SSSR count). The second-order valence-corrected chi connectivity index (χ2v) is 9.47. The smallest absolute Gasteiger partial charge is 0.261 e. The maximum absolute atomic E-state index is 12.6. The van der Waals surface area contributed by atoms with Gasteiger partial charge in [-0.15, -0.1) is 0 Å². The average molecular weight is 483 g/mol. The molecule has 32 heavy (non-hydrogen) atoms. The molecule has 0 aromatic heterocycles. The molecule has 0 radical (unpaired) electrons. The largest absolute Gasteiger partial charge is 0.492 e. The molecule has 1 saturated heterocycles.